The Morgan fingerprint density at radius 1 is 1.11 bits per heavy atom. The van der Waals surface area contributed by atoms with Gasteiger partial charge in [0.1, 0.15) is 17.2 Å². The Morgan fingerprint density at radius 2 is 1.84 bits per heavy atom. The van der Waals surface area contributed by atoms with E-state index in [2.05, 4.69) is 13.8 Å². The van der Waals surface area contributed by atoms with Crippen molar-refractivity contribution in [1.29, 1.82) is 0 Å². The molecule has 0 aliphatic heterocycles. The number of para-hydroxylation sites is 1. The highest BCUT2D eigenvalue weighted by Crippen LogP contribution is 2.32. The molecule has 3 heteroatoms. The van der Waals surface area contributed by atoms with E-state index in [9.17, 15) is 0 Å². The minimum atomic E-state index is 0.191. The number of hydrogen-bond acceptors (Lipinski definition) is 3. The molecule has 1 aromatic rings. The van der Waals surface area contributed by atoms with E-state index in [0.29, 0.717) is 18.0 Å². The molecule has 0 saturated heterocycles. The minimum absolute atomic E-state index is 0.191. The standard InChI is InChI=1S/C16H27NO2/c1-4-6-7-8-10-13(3)19-15-12-9-11-14(16(15)17)18-5-2/h9,11-13H,4-8,10,17H2,1-3H3. The highest BCUT2D eigenvalue weighted by Gasteiger charge is 2.10. The van der Waals surface area contributed by atoms with Crippen molar-refractivity contribution in [3.63, 3.8) is 0 Å². The van der Waals surface area contributed by atoms with Gasteiger partial charge in [-0.3, -0.25) is 0 Å². The molecular formula is C16H27NO2. The average Bonchev–Trinajstić information content (AvgIpc) is 2.40. The van der Waals surface area contributed by atoms with E-state index in [0.717, 1.165) is 12.2 Å². The second-order valence-corrected chi connectivity index (χ2v) is 4.88. The molecule has 0 spiro atoms. The highest BCUT2D eigenvalue weighted by atomic mass is 16.5. The number of nitrogens with two attached hydrogens (primary N) is 1. The SMILES string of the molecule is CCCCCCC(C)Oc1cccc(OCC)c1N. The van der Waals surface area contributed by atoms with Crippen molar-refractivity contribution in [2.24, 2.45) is 0 Å². The molecule has 1 atom stereocenters. The third-order valence-electron chi connectivity index (χ3n) is 3.12. The summed E-state index contributed by atoms with van der Waals surface area (Å²) in [6, 6.07) is 5.69. The van der Waals surface area contributed by atoms with Crippen LogP contribution in [0.25, 0.3) is 0 Å². The smallest absolute Gasteiger partial charge is 0.146 e. The quantitative estimate of drug-likeness (QED) is 0.531. The van der Waals surface area contributed by atoms with Crippen LogP contribution in [0.2, 0.25) is 0 Å². The summed E-state index contributed by atoms with van der Waals surface area (Å²) < 4.78 is 11.4. The molecule has 0 aliphatic rings. The van der Waals surface area contributed by atoms with Crippen LogP contribution in [0.15, 0.2) is 18.2 Å². The molecule has 0 amide bonds. The van der Waals surface area contributed by atoms with Gasteiger partial charge in [-0.25, -0.2) is 0 Å². The molecule has 1 rings (SSSR count). The summed E-state index contributed by atoms with van der Waals surface area (Å²) >= 11 is 0. The third kappa shape index (κ3) is 5.41. The molecule has 0 aromatic heterocycles. The van der Waals surface area contributed by atoms with Gasteiger partial charge in [0, 0.05) is 0 Å². The Labute approximate surface area is 117 Å². The molecule has 0 saturated carbocycles. The second-order valence-electron chi connectivity index (χ2n) is 4.88. The number of rotatable bonds is 9. The molecule has 3 nitrogen and oxygen atoms in total. The normalized spacial score (nSPS) is 12.2. The zero-order valence-corrected chi connectivity index (χ0v) is 12.4. The predicted molar refractivity (Wildman–Crippen MR) is 80.9 cm³/mol. The van der Waals surface area contributed by atoms with Gasteiger partial charge in [-0.15, -0.1) is 0 Å². The lowest BCUT2D eigenvalue weighted by molar-refractivity contribution is 0.206. The van der Waals surface area contributed by atoms with Crippen LogP contribution in [0.4, 0.5) is 5.69 Å². The number of nitrogen functional groups attached to an aromatic ring is 1. The van der Waals surface area contributed by atoms with Gasteiger partial charge >= 0.3 is 0 Å². The summed E-state index contributed by atoms with van der Waals surface area (Å²) in [6.45, 7) is 6.88. The van der Waals surface area contributed by atoms with Crippen LogP contribution in [0, 0.1) is 0 Å². The summed E-state index contributed by atoms with van der Waals surface area (Å²) in [4.78, 5) is 0. The average molecular weight is 265 g/mol. The Balaban J connectivity index is 2.49. The Hall–Kier alpha value is -1.38. The lowest BCUT2D eigenvalue weighted by Crippen LogP contribution is -2.13. The van der Waals surface area contributed by atoms with E-state index in [1.54, 1.807) is 0 Å². The molecule has 1 aromatic carbocycles. The molecular weight excluding hydrogens is 238 g/mol. The van der Waals surface area contributed by atoms with Crippen molar-refractivity contribution in [2.45, 2.75) is 59.0 Å². The molecule has 108 valence electrons. The monoisotopic (exact) mass is 265 g/mol. The van der Waals surface area contributed by atoms with Gasteiger partial charge in [0.05, 0.1) is 12.7 Å². The number of anilines is 1. The maximum absolute atomic E-state index is 6.04. The Kier molecular flexibility index (Phi) is 7.16. The van der Waals surface area contributed by atoms with E-state index >= 15 is 0 Å². The molecule has 0 radical (unpaired) electrons. The second kappa shape index (κ2) is 8.68. The van der Waals surface area contributed by atoms with Gasteiger partial charge in [0.25, 0.3) is 0 Å². The maximum Gasteiger partial charge on any atom is 0.146 e. The number of hydrogen-bond donors (Lipinski definition) is 1. The van der Waals surface area contributed by atoms with Crippen LogP contribution < -0.4 is 15.2 Å². The van der Waals surface area contributed by atoms with Crippen molar-refractivity contribution in [1.82, 2.24) is 0 Å². The minimum Gasteiger partial charge on any atom is -0.492 e. The van der Waals surface area contributed by atoms with E-state index in [1.807, 2.05) is 25.1 Å². The van der Waals surface area contributed by atoms with Gasteiger partial charge in [-0.1, -0.05) is 32.3 Å². The van der Waals surface area contributed by atoms with E-state index < -0.39 is 0 Å². The highest BCUT2D eigenvalue weighted by molar-refractivity contribution is 5.62. The fraction of sp³-hybridized carbons (Fsp3) is 0.625. The van der Waals surface area contributed by atoms with Crippen molar-refractivity contribution in [3.05, 3.63) is 18.2 Å². The van der Waals surface area contributed by atoms with Gasteiger partial charge in [-0.2, -0.15) is 0 Å². The molecule has 1 unspecified atom stereocenters. The number of benzene rings is 1. The molecule has 0 heterocycles. The predicted octanol–water partition coefficient (Wildman–Crippen LogP) is 4.41. The molecule has 19 heavy (non-hydrogen) atoms. The molecule has 2 N–H and O–H groups in total. The van der Waals surface area contributed by atoms with E-state index in [4.69, 9.17) is 15.2 Å². The molecule has 0 fully saturated rings. The van der Waals surface area contributed by atoms with Gasteiger partial charge < -0.3 is 15.2 Å². The molecule has 0 aliphatic carbocycles. The maximum atomic E-state index is 6.04. The summed E-state index contributed by atoms with van der Waals surface area (Å²) in [5.74, 6) is 1.44. The topological polar surface area (TPSA) is 44.5 Å². The first-order valence-corrected chi connectivity index (χ1v) is 7.37. The third-order valence-corrected chi connectivity index (χ3v) is 3.12. The fourth-order valence-electron chi connectivity index (χ4n) is 2.04. The fourth-order valence-corrected chi connectivity index (χ4v) is 2.04. The van der Waals surface area contributed by atoms with Crippen LogP contribution in [-0.4, -0.2) is 12.7 Å². The van der Waals surface area contributed by atoms with Gasteiger partial charge in [0.2, 0.25) is 0 Å². The summed E-state index contributed by atoms with van der Waals surface area (Å²) in [6.07, 6.45) is 6.31. The first kappa shape index (κ1) is 15.7. The zero-order chi connectivity index (χ0) is 14.1. The summed E-state index contributed by atoms with van der Waals surface area (Å²) in [7, 11) is 0. The van der Waals surface area contributed by atoms with Crippen LogP contribution in [-0.2, 0) is 0 Å². The van der Waals surface area contributed by atoms with Crippen LogP contribution in [0.3, 0.4) is 0 Å². The summed E-state index contributed by atoms with van der Waals surface area (Å²) in [5.41, 5.74) is 6.65. The van der Waals surface area contributed by atoms with E-state index in [1.165, 1.54) is 25.7 Å². The van der Waals surface area contributed by atoms with Crippen molar-refractivity contribution >= 4 is 5.69 Å². The number of unbranched alkanes of at least 4 members (excludes halogenated alkanes) is 3. The van der Waals surface area contributed by atoms with Crippen LogP contribution in [0.5, 0.6) is 11.5 Å². The Morgan fingerprint density at radius 3 is 2.53 bits per heavy atom. The van der Waals surface area contributed by atoms with Crippen molar-refractivity contribution in [2.75, 3.05) is 12.3 Å². The number of ether oxygens (including phenoxy) is 2. The lowest BCUT2D eigenvalue weighted by Gasteiger charge is -2.17. The lowest BCUT2D eigenvalue weighted by atomic mass is 10.1. The van der Waals surface area contributed by atoms with Crippen molar-refractivity contribution < 1.29 is 9.47 Å². The van der Waals surface area contributed by atoms with Gasteiger partial charge in [-0.05, 0) is 38.8 Å². The first-order chi connectivity index (χ1) is 9.19. The largest absolute Gasteiger partial charge is 0.492 e. The Bertz CT molecular complexity index is 366. The van der Waals surface area contributed by atoms with Crippen molar-refractivity contribution in [3.8, 4) is 11.5 Å². The van der Waals surface area contributed by atoms with E-state index in [-0.39, 0.29) is 6.10 Å². The van der Waals surface area contributed by atoms with Crippen LogP contribution in [0.1, 0.15) is 52.9 Å². The zero-order valence-electron chi connectivity index (χ0n) is 12.4. The molecule has 0 bridgehead atoms. The van der Waals surface area contributed by atoms with Gasteiger partial charge in [0.15, 0.2) is 0 Å². The first-order valence-electron chi connectivity index (χ1n) is 7.37. The van der Waals surface area contributed by atoms with Crippen LogP contribution >= 0.6 is 0 Å². The summed E-state index contributed by atoms with van der Waals surface area (Å²) in [5, 5.41) is 0.